The predicted molar refractivity (Wildman–Crippen MR) is 35.0 cm³/mol. The molecule has 0 aromatic rings. The summed E-state index contributed by atoms with van der Waals surface area (Å²) < 4.78 is 49.5. The fraction of sp³-hybridized carbons (Fsp3) is 0.857. The second kappa shape index (κ2) is 3.93. The lowest BCUT2D eigenvalue weighted by molar-refractivity contribution is -0.126. The van der Waals surface area contributed by atoms with Crippen LogP contribution in [0, 0.1) is 6.92 Å². The van der Waals surface area contributed by atoms with E-state index in [4.69, 9.17) is 0 Å². The summed E-state index contributed by atoms with van der Waals surface area (Å²) in [5.74, 6) is -3.88. The van der Waals surface area contributed by atoms with Gasteiger partial charge in [-0.05, 0) is 12.8 Å². The molecule has 11 heavy (non-hydrogen) atoms. The Balaban J connectivity index is 4.18. The fourth-order valence-corrected chi connectivity index (χ4v) is 0.661. The van der Waals surface area contributed by atoms with E-state index in [1.807, 2.05) is 0 Å². The van der Waals surface area contributed by atoms with Crippen molar-refractivity contribution in [3.63, 3.8) is 0 Å². The molecule has 0 saturated heterocycles. The van der Waals surface area contributed by atoms with Crippen LogP contribution in [0.2, 0.25) is 0 Å². The third-order valence-corrected chi connectivity index (χ3v) is 1.45. The van der Waals surface area contributed by atoms with Gasteiger partial charge in [0.2, 0.25) is 0 Å². The second-order valence-electron chi connectivity index (χ2n) is 2.31. The van der Waals surface area contributed by atoms with E-state index in [1.54, 1.807) is 0 Å². The van der Waals surface area contributed by atoms with Crippen molar-refractivity contribution in [2.45, 2.75) is 38.0 Å². The highest BCUT2D eigenvalue weighted by Crippen LogP contribution is 2.31. The Morgan fingerprint density at radius 2 is 1.73 bits per heavy atom. The lowest BCUT2D eigenvalue weighted by atomic mass is 10.1. The molecular formula is C7H11F4. The van der Waals surface area contributed by atoms with Gasteiger partial charge in [0, 0.05) is 0 Å². The monoisotopic (exact) mass is 171 g/mol. The van der Waals surface area contributed by atoms with Crippen LogP contribution in [0.4, 0.5) is 17.6 Å². The summed E-state index contributed by atoms with van der Waals surface area (Å²) in [6, 6.07) is 0. The third kappa shape index (κ3) is 2.34. The molecule has 0 amide bonds. The maximum Gasteiger partial charge on any atom is 0.309 e. The lowest BCUT2D eigenvalue weighted by Crippen LogP contribution is -2.39. The minimum atomic E-state index is -3.88. The summed E-state index contributed by atoms with van der Waals surface area (Å²) in [6.45, 7) is 4.19. The van der Waals surface area contributed by atoms with Gasteiger partial charge in [0.15, 0.2) is 12.3 Å². The molecule has 0 aliphatic carbocycles. The van der Waals surface area contributed by atoms with E-state index in [1.165, 1.54) is 6.92 Å². The molecule has 0 heterocycles. The van der Waals surface area contributed by atoms with E-state index in [0.717, 1.165) is 0 Å². The van der Waals surface area contributed by atoms with Crippen LogP contribution in [-0.4, -0.2) is 18.3 Å². The van der Waals surface area contributed by atoms with Crippen molar-refractivity contribution >= 4 is 0 Å². The molecule has 0 rings (SSSR count). The summed E-state index contributed by atoms with van der Waals surface area (Å²) >= 11 is 0. The van der Waals surface area contributed by atoms with E-state index < -0.39 is 24.7 Å². The van der Waals surface area contributed by atoms with Gasteiger partial charge in [-0.25, -0.2) is 17.6 Å². The molecule has 0 aliphatic rings. The number of alkyl halides is 4. The van der Waals surface area contributed by atoms with Crippen molar-refractivity contribution in [1.29, 1.82) is 0 Å². The summed E-state index contributed by atoms with van der Waals surface area (Å²) in [5.41, 5.74) is 0. The maximum atomic E-state index is 12.4. The SMILES string of the molecule is [CH2]CC(F)C(F)(F)[C@@H](F)CC. The molecule has 0 N–H and O–H groups in total. The molecule has 0 nitrogen and oxygen atoms in total. The highest BCUT2D eigenvalue weighted by Gasteiger charge is 2.46. The fourth-order valence-electron chi connectivity index (χ4n) is 0.661. The minimum Gasteiger partial charge on any atom is -0.241 e. The van der Waals surface area contributed by atoms with Crippen LogP contribution in [-0.2, 0) is 0 Å². The van der Waals surface area contributed by atoms with E-state index in [-0.39, 0.29) is 6.42 Å². The first-order chi connectivity index (χ1) is 4.96. The van der Waals surface area contributed by atoms with Gasteiger partial charge in [0.25, 0.3) is 0 Å². The van der Waals surface area contributed by atoms with Gasteiger partial charge in [0.1, 0.15) is 0 Å². The first-order valence-corrected chi connectivity index (χ1v) is 3.42. The highest BCUT2D eigenvalue weighted by atomic mass is 19.3. The average molecular weight is 171 g/mol. The van der Waals surface area contributed by atoms with E-state index >= 15 is 0 Å². The van der Waals surface area contributed by atoms with Crippen molar-refractivity contribution in [2.24, 2.45) is 0 Å². The minimum absolute atomic E-state index is 0.382. The lowest BCUT2D eigenvalue weighted by Gasteiger charge is -2.22. The Morgan fingerprint density at radius 1 is 1.27 bits per heavy atom. The zero-order chi connectivity index (χ0) is 9.07. The summed E-state index contributed by atoms with van der Waals surface area (Å²) in [6.07, 6.45) is -5.86. The first kappa shape index (κ1) is 10.7. The zero-order valence-electron chi connectivity index (χ0n) is 6.29. The van der Waals surface area contributed by atoms with Gasteiger partial charge < -0.3 is 0 Å². The molecule has 0 aliphatic heterocycles. The van der Waals surface area contributed by atoms with Gasteiger partial charge in [-0.2, -0.15) is 0 Å². The molecule has 0 aromatic carbocycles. The maximum absolute atomic E-state index is 12.4. The Kier molecular flexibility index (Phi) is 3.83. The molecular weight excluding hydrogens is 160 g/mol. The Bertz CT molecular complexity index is 101. The molecule has 0 aromatic heterocycles. The number of hydrogen-bond donors (Lipinski definition) is 0. The topological polar surface area (TPSA) is 0 Å². The summed E-state index contributed by atoms with van der Waals surface area (Å²) in [5, 5.41) is 0. The van der Waals surface area contributed by atoms with Crippen molar-refractivity contribution in [1.82, 2.24) is 0 Å². The molecule has 0 spiro atoms. The van der Waals surface area contributed by atoms with Crippen molar-refractivity contribution in [3.8, 4) is 0 Å². The highest BCUT2D eigenvalue weighted by molar-refractivity contribution is 4.84. The van der Waals surface area contributed by atoms with Gasteiger partial charge >= 0.3 is 5.92 Å². The Hall–Kier alpha value is -0.280. The molecule has 4 heteroatoms. The smallest absolute Gasteiger partial charge is 0.241 e. The molecule has 67 valence electrons. The molecule has 1 radical (unpaired) electrons. The van der Waals surface area contributed by atoms with E-state index in [9.17, 15) is 17.6 Å². The van der Waals surface area contributed by atoms with Crippen LogP contribution >= 0.6 is 0 Å². The Labute approximate surface area is 63.6 Å². The third-order valence-electron chi connectivity index (χ3n) is 1.45. The van der Waals surface area contributed by atoms with Crippen LogP contribution < -0.4 is 0 Å². The van der Waals surface area contributed by atoms with Crippen LogP contribution in [0.5, 0.6) is 0 Å². The van der Waals surface area contributed by atoms with Crippen molar-refractivity contribution in [3.05, 3.63) is 6.92 Å². The van der Waals surface area contributed by atoms with E-state index in [0.29, 0.717) is 0 Å². The van der Waals surface area contributed by atoms with Crippen LogP contribution in [0.15, 0.2) is 0 Å². The quantitative estimate of drug-likeness (QED) is 0.570. The van der Waals surface area contributed by atoms with Crippen LogP contribution in [0.3, 0.4) is 0 Å². The van der Waals surface area contributed by atoms with Crippen LogP contribution in [0.1, 0.15) is 19.8 Å². The molecule has 0 bridgehead atoms. The molecule has 0 fully saturated rings. The van der Waals surface area contributed by atoms with Crippen molar-refractivity contribution in [2.75, 3.05) is 0 Å². The first-order valence-electron chi connectivity index (χ1n) is 3.42. The van der Waals surface area contributed by atoms with E-state index in [2.05, 4.69) is 6.92 Å². The van der Waals surface area contributed by atoms with Gasteiger partial charge in [-0.1, -0.05) is 13.8 Å². The number of rotatable bonds is 4. The number of halogens is 4. The molecule has 2 atom stereocenters. The van der Waals surface area contributed by atoms with Gasteiger partial charge in [0.05, 0.1) is 0 Å². The predicted octanol–water partition coefficient (Wildman–Crippen LogP) is 2.93. The van der Waals surface area contributed by atoms with Crippen molar-refractivity contribution < 1.29 is 17.6 Å². The van der Waals surface area contributed by atoms with Gasteiger partial charge in [-0.3, -0.25) is 0 Å². The molecule has 0 saturated carbocycles. The van der Waals surface area contributed by atoms with Crippen LogP contribution in [0.25, 0.3) is 0 Å². The standard InChI is InChI=1S/C7H11F4/c1-3-5(8)7(10,11)6(9)4-2/h5-6H,1,3-4H2,2H3/t5?,6-/m0/s1. The number of hydrogen-bond acceptors (Lipinski definition) is 0. The average Bonchev–Trinajstić information content (AvgIpc) is 2.01. The summed E-state index contributed by atoms with van der Waals surface area (Å²) in [7, 11) is 0. The molecule has 1 unspecified atom stereocenters. The second-order valence-corrected chi connectivity index (χ2v) is 2.31. The summed E-state index contributed by atoms with van der Waals surface area (Å²) in [4.78, 5) is 0. The van der Waals surface area contributed by atoms with Gasteiger partial charge in [-0.15, -0.1) is 0 Å². The Morgan fingerprint density at radius 3 is 2.00 bits per heavy atom. The zero-order valence-corrected chi connectivity index (χ0v) is 6.29. The largest absolute Gasteiger partial charge is 0.309 e. The normalized spacial score (nSPS) is 18.0.